The number of thiophene rings is 1. The van der Waals surface area contributed by atoms with Crippen LogP contribution >= 0.6 is 11.3 Å². The summed E-state index contributed by atoms with van der Waals surface area (Å²) in [5.74, 6) is 1.72. The molecular weight excluding hydrogens is 308 g/mol. The van der Waals surface area contributed by atoms with Crippen LogP contribution in [-0.2, 0) is 0 Å². The first kappa shape index (κ1) is 15.7. The highest BCUT2D eigenvalue weighted by Gasteiger charge is 2.16. The van der Waals surface area contributed by atoms with E-state index in [1.54, 1.807) is 24.8 Å². The Balaban J connectivity index is 2.09. The van der Waals surface area contributed by atoms with E-state index in [4.69, 9.17) is 10.5 Å². The molecule has 3 N–H and O–H groups in total. The zero-order valence-corrected chi connectivity index (χ0v) is 14.1. The van der Waals surface area contributed by atoms with Crippen molar-refractivity contribution in [2.45, 2.75) is 13.3 Å². The number of hydrogen-bond acceptors (Lipinski definition) is 6. The maximum atomic E-state index is 5.58. The Morgan fingerprint density at radius 1 is 1.22 bits per heavy atom. The van der Waals surface area contributed by atoms with Gasteiger partial charge in [0, 0.05) is 17.0 Å². The molecule has 3 aromatic rings. The standard InChI is InChI=1S/C17H20N4OS/c1-11-14(12-4-6-13(22-2)7-5-12)15-16(19-9-3-8-18)20-10-21-17(15)23-11/h4-7,10H,3,8-9,18H2,1-2H3,(H,19,20,21). The molecule has 0 spiro atoms. The minimum absolute atomic E-state index is 0.662. The fraction of sp³-hybridized carbons (Fsp3) is 0.294. The van der Waals surface area contributed by atoms with Crippen molar-refractivity contribution in [3.63, 3.8) is 0 Å². The van der Waals surface area contributed by atoms with Crippen molar-refractivity contribution in [2.75, 3.05) is 25.5 Å². The average molecular weight is 328 g/mol. The first-order valence-corrected chi connectivity index (χ1v) is 8.38. The van der Waals surface area contributed by atoms with Crippen molar-refractivity contribution in [2.24, 2.45) is 5.73 Å². The van der Waals surface area contributed by atoms with Crippen LogP contribution in [0, 0.1) is 6.92 Å². The number of nitrogens with zero attached hydrogens (tertiary/aromatic N) is 2. The molecule has 5 nitrogen and oxygen atoms in total. The summed E-state index contributed by atoms with van der Waals surface area (Å²) in [6.45, 7) is 3.59. The zero-order valence-electron chi connectivity index (χ0n) is 13.3. The van der Waals surface area contributed by atoms with Crippen molar-refractivity contribution in [3.05, 3.63) is 35.5 Å². The Morgan fingerprint density at radius 2 is 2.00 bits per heavy atom. The van der Waals surface area contributed by atoms with Crippen LogP contribution in [0.3, 0.4) is 0 Å². The van der Waals surface area contributed by atoms with Crippen LogP contribution in [0.5, 0.6) is 5.75 Å². The number of aromatic nitrogens is 2. The summed E-state index contributed by atoms with van der Waals surface area (Å²) in [6.07, 6.45) is 2.52. The second-order valence-corrected chi connectivity index (χ2v) is 6.44. The normalized spacial score (nSPS) is 10.9. The van der Waals surface area contributed by atoms with Gasteiger partial charge in [-0.2, -0.15) is 0 Å². The molecule has 0 fully saturated rings. The van der Waals surface area contributed by atoms with Gasteiger partial charge in [-0.25, -0.2) is 9.97 Å². The Bertz CT molecular complexity index is 798. The minimum atomic E-state index is 0.662. The summed E-state index contributed by atoms with van der Waals surface area (Å²) >= 11 is 1.69. The molecule has 0 radical (unpaired) electrons. The number of methoxy groups -OCH3 is 1. The summed E-state index contributed by atoms with van der Waals surface area (Å²) in [5, 5.41) is 4.47. The molecule has 0 amide bonds. The highest BCUT2D eigenvalue weighted by Crippen LogP contribution is 2.40. The lowest BCUT2D eigenvalue weighted by Gasteiger charge is -2.09. The lowest BCUT2D eigenvalue weighted by molar-refractivity contribution is 0.415. The van der Waals surface area contributed by atoms with Crippen molar-refractivity contribution >= 4 is 27.4 Å². The molecule has 0 aliphatic carbocycles. The van der Waals surface area contributed by atoms with Gasteiger partial charge in [0.1, 0.15) is 22.7 Å². The second-order valence-electron chi connectivity index (χ2n) is 5.23. The van der Waals surface area contributed by atoms with Crippen LogP contribution in [0.1, 0.15) is 11.3 Å². The largest absolute Gasteiger partial charge is 0.497 e. The van der Waals surface area contributed by atoms with E-state index in [1.165, 1.54) is 10.4 Å². The number of benzene rings is 1. The van der Waals surface area contributed by atoms with E-state index in [0.717, 1.165) is 40.3 Å². The van der Waals surface area contributed by atoms with Crippen molar-refractivity contribution < 1.29 is 4.74 Å². The second kappa shape index (κ2) is 6.93. The highest BCUT2D eigenvalue weighted by molar-refractivity contribution is 7.19. The monoisotopic (exact) mass is 328 g/mol. The van der Waals surface area contributed by atoms with E-state index < -0.39 is 0 Å². The fourth-order valence-electron chi connectivity index (χ4n) is 2.59. The SMILES string of the molecule is COc1ccc(-c2c(C)sc3ncnc(NCCCN)c23)cc1. The van der Waals surface area contributed by atoms with Gasteiger partial charge in [0.05, 0.1) is 12.5 Å². The highest BCUT2D eigenvalue weighted by atomic mass is 32.1. The maximum Gasteiger partial charge on any atom is 0.138 e. The molecule has 23 heavy (non-hydrogen) atoms. The van der Waals surface area contributed by atoms with Gasteiger partial charge in [-0.1, -0.05) is 12.1 Å². The molecule has 0 aliphatic heterocycles. The third-order valence-corrected chi connectivity index (χ3v) is 4.73. The van der Waals surface area contributed by atoms with Crippen molar-refractivity contribution in [1.29, 1.82) is 0 Å². The van der Waals surface area contributed by atoms with Gasteiger partial charge >= 0.3 is 0 Å². The van der Waals surface area contributed by atoms with E-state index in [1.807, 2.05) is 12.1 Å². The number of aryl methyl sites for hydroxylation is 1. The van der Waals surface area contributed by atoms with Gasteiger partial charge in [0.15, 0.2) is 0 Å². The lowest BCUT2D eigenvalue weighted by Crippen LogP contribution is -2.09. The Morgan fingerprint density at radius 3 is 2.70 bits per heavy atom. The van der Waals surface area contributed by atoms with Gasteiger partial charge < -0.3 is 15.8 Å². The molecule has 6 heteroatoms. The van der Waals surface area contributed by atoms with E-state index in [9.17, 15) is 0 Å². The maximum absolute atomic E-state index is 5.58. The first-order valence-electron chi connectivity index (χ1n) is 7.57. The molecule has 0 unspecified atom stereocenters. The molecule has 0 aliphatic rings. The molecule has 3 rings (SSSR count). The van der Waals surface area contributed by atoms with Crippen LogP contribution < -0.4 is 15.8 Å². The van der Waals surface area contributed by atoms with E-state index in [2.05, 4.69) is 34.3 Å². The number of hydrogen-bond donors (Lipinski definition) is 2. The van der Waals surface area contributed by atoms with Gasteiger partial charge in [0.25, 0.3) is 0 Å². The van der Waals surface area contributed by atoms with E-state index >= 15 is 0 Å². The fourth-order valence-corrected chi connectivity index (χ4v) is 3.61. The number of anilines is 1. The van der Waals surface area contributed by atoms with Crippen LogP contribution in [0.25, 0.3) is 21.3 Å². The molecule has 0 atom stereocenters. The van der Waals surface area contributed by atoms with Crippen molar-refractivity contribution in [3.8, 4) is 16.9 Å². The first-order chi connectivity index (χ1) is 11.2. The third-order valence-electron chi connectivity index (χ3n) is 3.72. The predicted molar refractivity (Wildman–Crippen MR) is 96.3 cm³/mol. The van der Waals surface area contributed by atoms with Gasteiger partial charge in [0.2, 0.25) is 0 Å². The summed E-state index contributed by atoms with van der Waals surface area (Å²) in [6, 6.07) is 8.10. The molecule has 120 valence electrons. The Kier molecular flexibility index (Phi) is 4.73. The summed E-state index contributed by atoms with van der Waals surface area (Å²) < 4.78 is 5.25. The van der Waals surface area contributed by atoms with Crippen LogP contribution in [-0.4, -0.2) is 30.2 Å². The lowest BCUT2D eigenvalue weighted by atomic mass is 10.0. The number of nitrogens with one attached hydrogen (secondary N) is 1. The number of fused-ring (bicyclic) bond motifs is 1. The zero-order chi connectivity index (χ0) is 16.2. The van der Waals surface area contributed by atoms with Crippen molar-refractivity contribution in [1.82, 2.24) is 9.97 Å². The topological polar surface area (TPSA) is 73.1 Å². The number of rotatable bonds is 6. The average Bonchev–Trinajstić information content (AvgIpc) is 2.92. The number of nitrogens with two attached hydrogens (primary N) is 1. The molecule has 2 heterocycles. The molecule has 0 saturated carbocycles. The molecule has 0 saturated heterocycles. The van der Waals surface area contributed by atoms with Crippen LogP contribution in [0.2, 0.25) is 0 Å². The Labute approximate surface area is 139 Å². The summed E-state index contributed by atoms with van der Waals surface area (Å²) in [5.41, 5.74) is 7.90. The van der Waals surface area contributed by atoms with E-state index in [0.29, 0.717) is 6.54 Å². The molecule has 0 bridgehead atoms. The van der Waals surface area contributed by atoms with Gasteiger partial charge in [-0.15, -0.1) is 11.3 Å². The van der Waals surface area contributed by atoms with Crippen LogP contribution in [0.4, 0.5) is 5.82 Å². The number of ether oxygens (including phenoxy) is 1. The van der Waals surface area contributed by atoms with Gasteiger partial charge in [-0.05, 0) is 37.6 Å². The van der Waals surface area contributed by atoms with Crippen LogP contribution in [0.15, 0.2) is 30.6 Å². The molecule has 2 aromatic heterocycles. The quantitative estimate of drug-likeness (QED) is 0.678. The predicted octanol–water partition coefficient (Wildman–Crippen LogP) is 3.44. The minimum Gasteiger partial charge on any atom is -0.497 e. The molecular formula is C17H20N4OS. The van der Waals surface area contributed by atoms with Gasteiger partial charge in [-0.3, -0.25) is 0 Å². The summed E-state index contributed by atoms with van der Waals surface area (Å²) in [4.78, 5) is 11.1. The summed E-state index contributed by atoms with van der Waals surface area (Å²) in [7, 11) is 1.67. The smallest absolute Gasteiger partial charge is 0.138 e. The Hall–Kier alpha value is -2.18. The molecule has 1 aromatic carbocycles. The van der Waals surface area contributed by atoms with E-state index in [-0.39, 0.29) is 0 Å². The third kappa shape index (κ3) is 3.13.